The zero-order valence-electron chi connectivity index (χ0n) is 12.5. The number of H-pyrrole nitrogens is 1. The molecule has 2 aromatic heterocycles. The van der Waals surface area contributed by atoms with Gasteiger partial charge in [0.05, 0.1) is 10.6 Å². The first-order valence-corrected chi connectivity index (χ1v) is 8.58. The molecule has 1 aromatic carbocycles. The van der Waals surface area contributed by atoms with Crippen LogP contribution in [-0.4, -0.2) is 32.2 Å². The van der Waals surface area contributed by atoms with E-state index in [1.807, 2.05) is 36.5 Å². The lowest BCUT2D eigenvalue weighted by molar-refractivity contribution is 0.881. The van der Waals surface area contributed by atoms with Crippen LogP contribution in [0.4, 0.5) is 0 Å². The molecule has 0 amide bonds. The van der Waals surface area contributed by atoms with Crippen molar-refractivity contribution in [2.24, 2.45) is 0 Å². The first-order valence-electron chi connectivity index (χ1n) is 7.38. The number of benzene rings is 1. The number of dihydropyridines is 1. The number of thiazole rings is 1. The second kappa shape index (κ2) is 6.54. The van der Waals surface area contributed by atoms with Crippen molar-refractivity contribution in [1.29, 1.82) is 0 Å². The van der Waals surface area contributed by atoms with Gasteiger partial charge in [0.2, 0.25) is 0 Å². The smallest absolute Gasteiger partial charge is 0.191 e. The Morgan fingerprint density at radius 3 is 2.79 bits per heavy atom. The van der Waals surface area contributed by atoms with Gasteiger partial charge in [-0.3, -0.25) is 0 Å². The summed E-state index contributed by atoms with van der Waals surface area (Å²) < 4.78 is 0. The molecule has 2 N–H and O–H groups in total. The second-order valence-electron chi connectivity index (χ2n) is 5.25. The monoisotopic (exact) mass is 356 g/mol. The molecule has 0 saturated carbocycles. The number of aromatic nitrogens is 5. The van der Waals surface area contributed by atoms with E-state index in [-0.39, 0.29) is 0 Å². The van der Waals surface area contributed by atoms with Crippen LogP contribution in [0.2, 0.25) is 5.02 Å². The van der Waals surface area contributed by atoms with Gasteiger partial charge in [-0.25, -0.2) is 10.1 Å². The zero-order chi connectivity index (χ0) is 16.4. The van der Waals surface area contributed by atoms with Crippen molar-refractivity contribution >= 4 is 28.5 Å². The van der Waals surface area contributed by atoms with Gasteiger partial charge in [-0.1, -0.05) is 29.8 Å². The van der Waals surface area contributed by atoms with E-state index >= 15 is 0 Å². The van der Waals surface area contributed by atoms with Gasteiger partial charge in [0, 0.05) is 23.6 Å². The summed E-state index contributed by atoms with van der Waals surface area (Å²) in [5.74, 6) is 0.640. The Labute approximate surface area is 147 Å². The van der Waals surface area contributed by atoms with Crippen LogP contribution in [0.25, 0.3) is 16.3 Å². The van der Waals surface area contributed by atoms with E-state index in [0.717, 1.165) is 38.3 Å². The minimum atomic E-state index is 0.640. The molecule has 0 spiro atoms. The first-order chi connectivity index (χ1) is 11.8. The molecule has 3 aromatic rings. The van der Waals surface area contributed by atoms with Gasteiger partial charge >= 0.3 is 0 Å². The van der Waals surface area contributed by atoms with E-state index < -0.39 is 0 Å². The summed E-state index contributed by atoms with van der Waals surface area (Å²) in [6.45, 7) is 0.803. The molecule has 0 fully saturated rings. The number of allylic oxidation sites excluding steroid dienone is 2. The number of aromatic amines is 1. The maximum absolute atomic E-state index is 5.97. The summed E-state index contributed by atoms with van der Waals surface area (Å²) in [6, 6.07) is 7.79. The summed E-state index contributed by atoms with van der Waals surface area (Å²) in [7, 11) is 0. The van der Waals surface area contributed by atoms with Crippen molar-refractivity contribution in [2.45, 2.75) is 6.42 Å². The summed E-state index contributed by atoms with van der Waals surface area (Å²) in [5, 5.41) is 19.1. The average molecular weight is 357 g/mol. The minimum absolute atomic E-state index is 0.640. The first kappa shape index (κ1) is 15.0. The van der Waals surface area contributed by atoms with Crippen molar-refractivity contribution in [2.75, 3.05) is 6.54 Å². The standard InChI is InChI=1S/C16H13ClN6S/c17-12-3-1-10(2-4-12)9-13-14(15-20-22-23-21-15)24-16(19-13)11-5-7-18-8-6-11/h1-7,18H,8-9H2,(H,20,21,22,23). The van der Waals surface area contributed by atoms with E-state index in [4.69, 9.17) is 16.6 Å². The van der Waals surface area contributed by atoms with Crippen LogP contribution in [0.15, 0.2) is 42.6 Å². The van der Waals surface area contributed by atoms with Crippen molar-refractivity contribution in [1.82, 2.24) is 30.9 Å². The van der Waals surface area contributed by atoms with Crippen LogP contribution in [-0.2, 0) is 6.42 Å². The molecule has 0 radical (unpaired) electrons. The Morgan fingerprint density at radius 1 is 1.21 bits per heavy atom. The lowest BCUT2D eigenvalue weighted by Gasteiger charge is -2.04. The zero-order valence-corrected chi connectivity index (χ0v) is 14.1. The number of halogens is 1. The number of rotatable bonds is 4. The highest BCUT2D eigenvalue weighted by Gasteiger charge is 2.18. The van der Waals surface area contributed by atoms with E-state index in [9.17, 15) is 0 Å². The molecule has 0 aliphatic carbocycles. The minimum Gasteiger partial charge on any atom is -0.387 e. The molecule has 6 nitrogen and oxygen atoms in total. The van der Waals surface area contributed by atoms with Crippen LogP contribution in [0.5, 0.6) is 0 Å². The quantitative estimate of drug-likeness (QED) is 0.751. The maximum atomic E-state index is 5.97. The number of nitrogens with one attached hydrogen (secondary N) is 2. The third-order valence-corrected chi connectivity index (χ3v) is 5.02. The van der Waals surface area contributed by atoms with Crippen molar-refractivity contribution in [3.05, 3.63) is 63.9 Å². The van der Waals surface area contributed by atoms with Gasteiger partial charge in [0.1, 0.15) is 5.01 Å². The van der Waals surface area contributed by atoms with E-state index in [1.54, 1.807) is 11.3 Å². The number of hydrogen-bond donors (Lipinski definition) is 2. The summed E-state index contributed by atoms with van der Waals surface area (Å²) in [6.07, 6.45) is 6.77. The van der Waals surface area contributed by atoms with Gasteiger partial charge in [-0.2, -0.15) is 0 Å². The lowest BCUT2D eigenvalue weighted by Crippen LogP contribution is -2.08. The third kappa shape index (κ3) is 3.08. The molecule has 8 heteroatoms. The summed E-state index contributed by atoms with van der Waals surface area (Å²) >= 11 is 7.55. The molecular weight excluding hydrogens is 344 g/mol. The van der Waals surface area contributed by atoms with Gasteiger partial charge in [0.15, 0.2) is 5.82 Å². The van der Waals surface area contributed by atoms with Gasteiger partial charge in [0.25, 0.3) is 0 Å². The molecule has 1 aliphatic rings. The van der Waals surface area contributed by atoms with Crippen molar-refractivity contribution < 1.29 is 0 Å². The summed E-state index contributed by atoms with van der Waals surface area (Å²) in [5.41, 5.74) is 3.19. The van der Waals surface area contributed by atoms with Crippen LogP contribution in [0.3, 0.4) is 0 Å². The normalized spacial score (nSPS) is 13.6. The Hall–Kier alpha value is -2.51. The molecule has 4 rings (SSSR count). The van der Waals surface area contributed by atoms with E-state index in [2.05, 4.69) is 32.0 Å². The van der Waals surface area contributed by atoms with Crippen LogP contribution in [0, 0.1) is 0 Å². The van der Waals surface area contributed by atoms with E-state index in [1.165, 1.54) is 0 Å². The number of nitrogens with zero attached hydrogens (tertiary/aromatic N) is 4. The Morgan fingerprint density at radius 2 is 2.08 bits per heavy atom. The predicted molar refractivity (Wildman–Crippen MR) is 94.7 cm³/mol. The molecule has 0 unspecified atom stereocenters. The number of tetrazole rings is 1. The highest BCUT2D eigenvalue weighted by atomic mass is 35.5. The topological polar surface area (TPSA) is 79.4 Å². The SMILES string of the molecule is Clc1ccc(Cc2nc(C3=CCNC=C3)sc2-c2nnn[nH]2)cc1. The predicted octanol–water partition coefficient (Wildman–Crippen LogP) is 3.07. The molecule has 120 valence electrons. The molecule has 24 heavy (non-hydrogen) atoms. The molecule has 0 saturated heterocycles. The molecule has 3 heterocycles. The molecule has 1 aliphatic heterocycles. The van der Waals surface area contributed by atoms with Crippen molar-refractivity contribution in [3.8, 4) is 10.7 Å². The molecule has 0 atom stereocenters. The maximum Gasteiger partial charge on any atom is 0.191 e. The fourth-order valence-electron chi connectivity index (χ4n) is 2.44. The number of hydrogen-bond acceptors (Lipinski definition) is 6. The summed E-state index contributed by atoms with van der Waals surface area (Å²) in [4.78, 5) is 5.79. The largest absolute Gasteiger partial charge is 0.387 e. The third-order valence-electron chi connectivity index (χ3n) is 3.61. The highest BCUT2D eigenvalue weighted by Crippen LogP contribution is 2.33. The van der Waals surface area contributed by atoms with Crippen LogP contribution in [0.1, 0.15) is 16.3 Å². The Balaban J connectivity index is 1.73. The fraction of sp³-hybridized carbons (Fsp3) is 0.125. The second-order valence-corrected chi connectivity index (χ2v) is 6.68. The Bertz CT molecular complexity index is 895. The van der Waals surface area contributed by atoms with Gasteiger partial charge < -0.3 is 5.32 Å². The van der Waals surface area contributed by atoms with Gasteiger partial charge in [-0.15, -0.1) is 16.4 Å². The molecular formula is C16H13ClN6S. The molecule has 0 bridgehead atoms. The Kier molecular flexibility index (Phi) is 4.10. The van der Waals surface area contributed by atoms with Crippen LogP contribution >= 0.6 is 22.9 Å². The van der Waals surface area contributed by atoms with Crippen LogP contribution < -0.4 is 5.32 Å². The van der Waals surface area contributed by atoms with Crippen molar-refractivity contribution in [3.63, 3.8) is 0 Å². The highest BCUT2D eigenvalue weighted by molar-refractivity contribution is 7.16. The fourth-order valence-corrected chi connectivity index (χ4v) is 3.61. The lowest BCUT2D eigenvalue weighted by atomic mass is 10.1. The average Bonchev–Trinajstić information content (AvgIpc) is 3.27. The van der Waals surface area contributed by atoms with E-state index in [0.29, 0.717) is 12.2 Å². The van der Waals surface area contributed by atoms with Gasteiger partial charge in [-0.05, 0) is 40.4 Å².